The number of nitro benzene ring substituents is 1. The zero-order chi connectivity index (χ0) is 14.0. The van der Waals surface area contributed by atoms with Crippen molar-refractivity contribution < 1.29 is 9.66 Å². The molecule has 1 aromatic carbocycles. The van der Waals surface area contributed by atoms with Crippen molar-refractivity contribution in [1.82, 2.24) is 0 Å². The van der Waals surface area contributed by atoms with Crippen LogP contribution in [0.1, 0.15) is 0 Å². The quantitative estimate of drug-likeness (QED) is 0.683. The first-order valence-electron chi connectivity index (χ1n) is 5.73. The lowest BCUT2D eigenvalue weighted by Crippen LogP contribution is -2.45. The number of anilines is 1. The van der Waals surface area contributed by atoms with E-state index < -0.39 is 4.92 Å². The molecular formula is C11H13Cl2N3O3. The van der Waals surface area contributed by atoms with Gasteiger partial charge in [0.05, 0.1) is 33.4 Å². The Kier molecular flexibility index (Phi) is 4.46. The summed E-state index contributed by atoms with van der Waals surface area (Å²) in [6.45, 7) is 2.10. The summed E-state index contributed by atoms with van der Waals surface area (Å²) in [4.78, 5) is 12.1. The van der Waals surface area contributed by atoms with E-state index in [1.165, 1.54) is 12.1 Å². The average molecular weight is 306 g/mol. The zero-order valence-electron chi connectivity index (χ0n) is 10.0. The Balaban J connectivity index is 2.31. The molecular weight excluding hydrogens is 293 g/mol. The third-order valence-corrected chi connectivity index (χ3v) is 3.51. The van der Waals surface area contributed by atoms with Crippen LogP contribution in [0, 0.1) is 10.1 Å². The lowest BCUT2D eigenvalue weighted by atomic mass is 10.2. The molecule has 1 fully saturated rings. The van der Waals surface area contributed by atoms with Crippen molar-refractivity contribution in [3.05, 3.63) is 32.3 Å². The molecule has 8 heteroatoms. The number of morpholine rings is 1. The van der Waals surface area contributed by atoms with E-state index in [0.717, 1.165) is 0 Å². The van der Waals surface area contributed by atoms with Crippen molar-refractivity contribution in [2.75, 3.05) is 31.1 Å². The van der Waals surface area contributed by atoms with E-state index in [4.69, 9.17) is 33.7 Å². The summed E-state index contributed by atoms with van der Waals surface area (Å²) in [5, 5.41) is 11.3. The molecule has 0 saturated carbocycles. The molecule has 0 amide bonds. The first-order valence-corrected chi connectivity index (χ1v) is 6.48. The van der Waals surface area contributed by atoms with Gasteiger partial charge in [0.25, 0.3) is 5.69 Å². The van der Waals surface area contributed by atoms with Crippen LogP contribution in [0.25, 0.3) is 0 Å². The van der Waals surface area contributed by atoms with Crippen LogP contribution in [-0.4, -0.2) is 37.3 Å². The number of hydrogen-bond donors (Lipinski definition) is 1. The largest absolute Gasteiger partial charge is 0.373 e. The Morgan fingerprint density at radius 3 is 2.63 bits per heavy atom. The molecule has 2 N–H and O–H groups in total. The van der Waals surface area contributed by atoms with E-state index in [0.29, 0.717) is 31.9 Å². The highest BCUT2D eigenvalue weighted by Gasteiger charge is 2.24. The molecule has 0 aliphatic carbocycles. The number of ether oxygens (including phenoxy) is 1. The molecule has 1 unspecified atom stereocenters. The van der Waals surface area contributed by atoms with Crippen LogP contribution >= 0.6 is 23.2 Å². The molecule has 0 bridgehead atoms. The zero-order valence-corrected chi connectivity index (χ0v) is 11.5. The minimum absolute atomic E-state index is 0.0870. The van der Waals surface area contributed by atoms with Crippen LogP contribution in [0.5, 0.6) is 0 Å². The van der Waals surface area contributed by atoms with Crippen molar-refractivity contribution in [3.63, 3.8) is 0 Å². The summed E-state index contributed by atoms with van der Waals surface area (Å²) in [5.74, 6) is 0. The predicted molar refractivity (Wildman–Crippen MR) is 74.1 cm³/mol. The molecule has 104 valence electrons. The van der Waals surface area contributed by atoms with Crippen LogP contribution < -0.4 is 10.6 Å². The SMILES string of the molecule is NCC1CN(c2c(Cl)cc([N+](=O)[O-])cc2Cl)CCO1. The Bertz CT molecular complexity index is 475. The summed E-state index contributed by atoms with van der Waals surface area (Å²) in [6.07, 6.45) is -0.0870. The Morgan fingerprint density at radius 1 is 1.47 bits per heavy atom. The molecule has 6 nitrogen and oxygen atoms in total. The van der Waals surface area contributed by atoms with E-state index in [1.54, 1.807) is 0 Å². The normalized spacial score (nSPS) is 19.5. The maximum atomic E-state index is 10.7. The summed E-state index contributed by atoms with van der Waals surface area (Å²) < 4.78 is 5.46. The summed E-state index contributed by atoms with van der Waals surface area (Å²) >= 11 is 12.2. The van der Waals surface area contributed by atoms with Gasteiger partial charge in [-0.05, 0) is 0 Å². The fourth-order valence-electron chi connectivity index (χ4n) is 2.02. The van der Waals surface area contributed by atoms with Gasteiger partial charge in [0.2, 0.25) is 0 Å². The van der Waals surface area contributed by atoms with Gasteiger partial charge in [0.1, 0.15) is 0 Å². The Morgan fingerprint density at radius 2 is 2.11 bits per heavy atom. The smallest absolute Gasteiger partial charge is 0.272 e. The lowest BCUT2D eigenvalue weighted by Gasteiger charge is -2.34. The molecule has 0 radical (unpaired) electrons. The Hall–Kier alpha value is -1.08. The maximum Gasteiger partial charge on any atom is 0.272 e. The van der Waals surface area contributed by atoms with Crippen LogP contribution in [0.4, 0.5) is 11.4 Å². The lowest BCUT2D eigenvalue weighted by molar-refractivity contribution is -0.384. The van der Waals surface area contributed by atoms with Gasteiger partial charge in [-0.15, -0.1) is 0 Å². The van der Waals surface area contributed by atoms with Gasteiger partial charge in [0, 0.05) is 31.8 Å². The molecule has 0 spiro atoms. The third kappa shape index (κ3) is 3.09. The first-order chi connectivity index (χ1) is 9.02. The van der Waals surface area contributed by atoms with E-state index in [2.05, 4.69) is 0 Å². The van der Waals surface area contributed by atoms with E-state index in [1.807, 2.05) is 4.90 Å². The predicted octanol–water partition coefficient (Wildman–Crippen LogP) is 2.07. The molecule has 1 aliphatic heterocycles. The highest BCUT2D eigenvalue weighted by Crippen LogP contribution is 2.38. The molecule has 1 atom stereocenters. The molecule has 19 heavy (non-hydrogen) atoms. The summed E-state index contributed by atoms with van der Waals surface area (Å²) in [5.41, 5.74) is 6.05. The van der Waals surface area contributed by atoms with E-state index in [9.17, 15) is 10.1 Å². The van der Waals surface area contributed by atoms with Crippen molar-refractivity contribution in [2.45, 2.75) is 6.10 Å². The molecule has 1 heterocycles. The second-order valence-corrected chi connectivity index (χ2v) is 5.00. The number of nitrogens with two attached hydrogens (primary N) is 1. The van der Waals surface area contributed by atoms with Crippen LogP contribution in [0.15, 0.2) is 12.1 Å². The van der Waals surface area contributed by atoms with Crippen LogP contribution in [-0.2, 0) is 4.74 Å². The number of nitrogens with zero attached hydrogens (tertiary/aromatic N) is 2. The van der Waals surface area contributed by atoms with Gasteiger partial charge in [-0.3, -0.25) is 10.1 Å². The van der Waals surface area contributed by atoms with E-state index in [-0.39, 0.29) is 21.8 Å². The number of nitro groups is 1. The van der Waals surface area contributed by atoms with Crippen LogP contribution in [0.3, 0.4) is 0 Å². The maximum absolute atomic E-state index is 10.7. The monoisotopic (exact) mass is 305 g/mol. The molecule has 1 aromatic rings. The van der Waals surface area contributed by atoms with E-state index >= 15 is 0 Å². The number of hydrogen-bond acceptors (Lipinski definition) is 5. The summed E-state index contributed by atoms with van der Waals surface area (Å²) in [7, 11) is 0. The molecule has 1 aliphatic rings. The molecule has 1 saturated heterocycles. The van der Waals surface area contributed by atoms with Crippen molar-refractivity contribution in [2.24, 2.45) is 5.73 Å². The van der Waals surface area contributed by atoms with Gasteiger partial charge < -0.3 is 15.4 Å². The number of non-ortho nitro benzene ring substituents is 1. The van der Waals surface area contributed by atoms with Crippen molar-refractivity contribution in [1.29, 1.82) is 0 Å². The number of halogens is 2. The molecule has 2 rings (SSSR count). The number of rotatable bonds is 3. The van der Waals surface area contributed by atoms with Crippen molar-refractivity contribution in [3.8, 4) is 0 Å². The third-order valence-electron chi connectivity index (χ3n) is 2.93. The minimum Gasteiger partial charge on any atom is -0.373 e. The minimum atomic E-state index is -0.524. The van der Waals surface area contributed by atoms with Crippen molar-refractivity contribution >= 4 is 34.6 Å². The van der Waals surface area contributed by atoms with Crippen LogP contribution in [0.2, 0.25) is 10.0 Å². The second-order valence-electron chi connectivity index (χ2n) is 4.19. The number of benzene rings is 1. The highest BCUT2D eigenvalue weighted by atomic mass is 35.5. The topological polar surface area (TPSA) is 81.6 Å². The Labute approximate surface area is 120 Å². The fraction of sp³-hybridized carbons (Fsp3) is 0.455. The standard InChI is InChI=1S/C11H13Cl2N3O3/c12-9-3-7(16(17)18)4-10(13)11(9)15-1-2-19-8(5-14)6-15/h3-4,8H,1-2,5-6,14H2. The van der Waals surface area contributed by atoms with Gasteiger partial charge in [0.15, 0.2) is 0 Å². The van der Waals surface area contributed by atoms with Gasteiger partial charge in [-0.1, -0.05) is 23.2 Å². The molecule has 0 aromatic heterocycles. The summed E-state index contributed by atoms with van der Waals surface area (Å²) in [6, 6.07) is 2.60. The van der Waals surface area contributed by atoms with Gasteiger partial charge >= 0.3 is 0 Å². The first kappa shape index (κ1) is 14.3. The highest BCUT2D eigenvalue weighted by molar-refractivity contribution is 6.39. The average Bonchev–Trinajstić information content (AvgIpc) is 2.38. The van der Waals surface area contributed by atoms with Gasteiger partial charge in [-0.2, -0.15) is 0 Å². The fourth-order valence-corrected chi connectivity index (χ4v) is 2.74. The van der Waals surface area contributed by atoms with Gasteiger partial charge in [-0.25, -0.2) is 0 Å². The second kappa shape index (κ2) is 5.92.